The normalized spacial score (nSPS) is 32.2. The van der Waals surface area contributed by atoms with Gasteiger partial charge in [-0.05, 0) is 32.8 Å². The van der Waals surface area contributed by atoms with E-state index in [2.05, 4.69) is 12.2 Å². The largest absolute Gasteiger partial charge is 0.344 e. The van der Waals surface area contributed by atoms with Crippen LogP contribution in [0.3, 0.4) is 0 Å². The van der Waals surface area contributed by atoms with Crippen LogP contribution in [0.5, 0.6) is 0 Å². The van der Waals surface area contributed by atoms with Crippen LogP contribution in [0.1, 0.15) is 25.3 Å². The highest BCUT2D eigenvalue weighted by atomic mass is 19.2. The Bertz CT molecular complexity index is 501. The summed E-state index contributed by atoms with van der Waals surface area (Å²) in [6.07, 6.45) is 0.0183. The monoisotopic (exact) mass is 256 g/mol. The first-order valence-electron chi connectivity index (χ1n) is 5.58. The van der Waals surface area contributed by atoms with Crippen LogP contribution >= 0.6 is 0 Å². The smallest absolute Gasteiger partial charge is 0.258 e. The molecule has 0 spiro atoms. The number of hydrogen-bond acceptors (Lipinski definition) is 1. The van der Waals surface area contributed by atoms with Gasteiger partial charge in [0.1, 0.15) is 0 Å². The number of halogens is 3. The fraction of sp³-hybridized carbons (Fsp3) is 0.385. The molecule has 2 nitrogen and oxygen atoms in total. The maximum absolute atomic E-state index is 13.7. The molecule has 97 valence electrons. The number of alkyl halides is 1. The molecule has 1 radical (unpaired) electrons. The average Bonchev–Trinajstić information content (AvgIpc) is 2.29. The number of carbonyl (C=O) groups excluding carboxylic acids is 1. The molecule has 1 aliphatic heterocycles. The lowest BCUT2D eigenvalue weighted by Crippen LogP contribution is -2.56. The molecule has 1 saturated heterocycles. The number of nitrogens with one attached hydrogen (secondary N) is 1. The van der Waals surface area contributed by atoms with Crippen LogP contribution in [0, 0.1) is 18.6 Å². The summed E-state index contributed by atoms with van der Waals surface area (Å²) in [6, 6.07) is 3.73. The Balaban J connectivity index is 2.39. The third-order valence-electron chi connectivity index (χ3n) is 3.36. The van der Waals surface area contributed by atoms with Crippen LogP contribution in [0.15, 0.2) is 18.2 Å². The fourth-order valence-electron chi connectivity index (χ4n) is 2.12. The van der Waals surface area contributed by atoms with Crippen LogP contribution in [0.25, 0.3) is 0 Å². The Kier molecular flexibility index (Phi) is 2.87. The highest BCUT2D eigenvalue weighted by Gasteiger charge is 2.46. The van der Waals surface area contributed by atoms with Gasteiger partial charge in [0.2, 0.25) is 0 Å². The summed E-state index contributed by atoms with van der Waals surface area (Å²) in [5, 5.41) is 2.38. The molecule has 0 saturated carbocycles. The van der Waals surface area contributed by atoms with Gasteiger partial charge >= 0.3 is 0 Å². The van der Waals surface area contributed by atoms with E-state index >= 15 is 0 Å². The van der Waals surface area contributed by atoms with Gasteiger partial charge in [-0.2, -0.15) is 0 Å². The molecule has 1 aromatic carbocycles. The first-order valence-corrected chi connectivity index (χ1v) is 5.58. The summed E-state index contributed by atoms with van der Waals surface area (Å²) >= 11 is 0. The van der Waals surface area contributed by atoms with Crippen molar-refractivity contribution in [3.63, 3.8) is 0 Å². The first kappa shape index (κ1) is 12.9. The van der Waals surface area contributed by atoms with Gasteiger partial charge in [0, 0.05) is 5.56 Å². The number of piperidine rings is 1. The van der Waals surface area contributed by atoms with E-state index < -0.39 is 28.7 Å². The van der Waals surface area contributed by atoms with E-state index in [0.717, 1.165) is 6.07 Å². The molecule has 0 aromatic heterocycles. The summed E-state index contributed by atoms with van der Waals surface area (Å²) < 4.78 is 40.5. The van der Waals surface area contributed by atoms with E-state index in [1.165, 1.54) is 19.1 Å². The molecule has 18 heavy (non-hydrogen) atoms. The van der Waals surface area contributed by atoms with E-state index in [4.69, 9.17) is 0 Å². The molecule has 2 atom stereocenters. The van der Waals surface area contributed by atoms with Gasteiger partial charge in [-0.25, -0.2) is 13.2 Å². The Morgan fingerprint density at radius 3 is 2.61 bits per heavy atom. The summed E-state index contributed by atoms with van der Waals surface area (Å²) in [5.74, 6) is -2.91. The van der Waals surface area contributed by atoms with E-state index in [0.29, 0.717) is 0 Å². The standard InChI is InChI=1S/C13H13F3NO/c1-12(16)6-7-13(2,17-11(12)18)8-4-3-5-9(14)10(8)15/h3-5H,1,6-7H2,2H3,(H,17,18)/t12?,13-/m0/s1. The van der Waals surface area contributed by atoms with E-state index in [9.17, 15) is 18.0 Å². The molecule has 0 aliphatic carbocycles. The number of amides is 1. The van der Waals surface area contributed by atoms with Gasteiger partial charge in [-0.1, -0.05) is 12.1 Å². The first-order chi connectivity index (χ1) is 8.26. The van der Waals surface area contributed by atoms with Crippen LogP contribution in [-0.4, -0.2) is 11.6 Å². The molecule has 0 bridgehead atoms. The predicted molar refractivity (Wildman–Crippen MR) is 60.3 cm³/mol. The zero-order chi connectivity index (χ0) is 13.6. The minimum atomic E-state index is -2.21. The summed E-state index contributed by atoms with van der Waals surface area (Å²) in [7, 11) is 0. The maximum atomic E-state index is 13.7. The molecule has 2 rings (SSSR count). The summed E-state index contributed by atoms with van der Waals surface area (Å²) in [4.78, 5) is 11.5. The van der Waals surface area contributed by atoms with Crippen molar-refractivity contribution >= 4 is 5.91 Å². The van der Waals surface area contributed by atoms with Crippen molar-refractivity contribution in [2.75, 3.05) is 0 Å². The van der Waals surface area contributed by atoms with Crippen molar-refractivity contribution in [3.05, 3.63) is 42.3 Å². The number of rotatable bonds is 1. The molecule has 5 heteroatoms. The third-order valence-corrected chi connectivity index (χ3v) is 3.36. The minimum Gasteiger partial charge on any atom is -0.344 e. The Hall–Kier alpha value is -1.52. The number of hydrogen-bond donors (Lipinski definition) is 1. The van der Waals surface area contributed by atoms with Crippen molar-refractivity contribution in [1.29, 1.82) is 0 Å². The second kappa shape index (κ2) is 4.00. The van der Waals surface area contributed by atoms with Gasteiger partial charge in [0.05, 0.1) is 5.54 Å². The molecule has 1 amide bonds. The van der Waals surface area contributed by atoms with Crippen molar-refractivity contribution in [3.8, 4) is 0 Å². The van der Waals surface area contributed by atoms with Gasteiger partial charge in [-0.15, -0.1) is 0 Å². The van der Waals surface area contributed by atoms with Crippen molar-refractivity contribution < 1.29 is 18.0 Å². The molecule has 1 N–H and O–H groups in total. The highest BCUT2D eigenvalue weighted by Crippen LogP contribution is 2.37. The lowest BCUT2D eigenvalue weighted by atomic mass is 9.79. The van der Waals surface area contributed by atoms with E-state index in [1.54, 1.807) is 0 Å². The van der Waals surface area contributed by atoms with Crippen LogP contribution < -0.4 is 5.32 Å². The van der Waals surface area contributed by atoms with E-state index in [1.807, 2.05) is 0 Å². The molecule has 1 heterocycles. The highest BCUT2D eigenvalue weighted by molar-refractivity contribution is 5.87. The van der Waals surface area contributed by atoms with Crippen LogP contribution in [-0.2, 0) is 10.3 Å². The molecule has 1 fully saturated rings. The van der Waals surface area contributed by atoms with Gasteiger partial charge in [0.15, 0.2) is 17.3 Å². The predicted octanol–water partition coefficient (Wildman–Crippen LogP) is 2.63. The second-order valence-electron chi connectivity index (χ2n) is 4.85. The minimum absolute atomic E-state index is 0.0198. The molecule has 1 aliphatic rings. The van der Waals surface area contributed by atoms with Crippen LogP contribution in [0.4, 0.5) is 13.2 Å². The quantitative estimate of drug-likeness (QED) is 0.822. The fourth-order valence-corrected chi connectivity index (χ4v) is 2.12. The molecular weight excluding hydrogens is 243 g/mol. The van der Waals surface area contributed by atoms with Crippen molar-refractivity contribution in [2.45, 2.75) is 31.0 Å². The second-order valence-corrected chi connectivity index (χ2v) is 4.85. The summed E-state index contributed by atoms with van der Waals surface area (Å²) in [6.45, 7) is 4.70. The van der Waals surface area contributed by atoms with Crippen molar-refractivity contribution in [2.24, 2.45) is 0 Å². The molecule has 1 aromatic rings. The van der Waals surface area contributed by atoms with Gasteiger partial charge < -0.3 is 5.32 Å². The number of benzene rings is 1. The van der Waals surface area contributed by atoms with Gasteiger partial charge in [0.25, 0.3) is 5.91 Å². The molecule has 1 unspecified atom stereocenters. The van der Waals surface area contributed by atoms with Crippen LogP contribution in [0.2, 0.25) is 0 Å². The van der Waals surface area contributed by atoms with E-state index in [-0.39, 0.29) is 18.4 Å². The molecular formula is C13H13F3NO. The lowest BCUT2D eigenvalue weighted by Gasteiger charge is -2.40. The SMILES string of the molecule is [CH2]C1(F)CC[C@@](C)(c2cccc(F)c2F)NC1=O. The zero-order valence-electron chi connectivity index (χ0n) is 9.90. The van der Waals surface area contributed by atoms with Gasteiger partial charge in [-0.3, -0.25) is 4.79 Å². The Morgan fingerprint density at radius 1 is 1.33 bits per heavy atom. The lowest BCUT2D eigenvalue weighted by molar-refractivity contribution is -0.136. The van der Waals surface area contributed by atoms with Crippen molar-refractivity contribution in [1.82, 2.24) is 5.32 Å². The summed E-state index contributed by atoms with van der Waals surface area (Å²) in [5.41, 5.74) is -3.30. The zero-order valence-corrected chi connectivity index (χ0v) is 9.90. The Morgan fingerprint density at radius 2 is 2.00 bits per heavy atom. The topological polar surface area (TPSA) is 29.1 Å². The third kappa shape index (κ3) is 1.98. The average molecular weight is 256 g/mol. The number of carbonyl (C=O) groups is 1. The maximum Gasteiger partial charge on any atom is 0.258 e. The Labute approximate surface area is 103 Å².